The third-order valence-corrected chi connectivity index (χ3v) is 4.94. The molecule has 26 heavy (non-hydrogen) atoms. The van der Waals surface area contributed by atoms with Crippen LogP contribution in [0.5, 0.6) is 0 Å². The zero-order valence-electron chi connectivity index (χ0n) is 15.0. The molecular weight excluding hydrogens is 338 g/mol. The largest absolute Gasteiger partial charge is 0.342 e. The van der Waals surface area contributed by atoms with E-state index in [-0.39, 0.29) is 17.4 Å². The van der Waals surface area contributed by atoms with Gasteiger partial charge < -0.3 is 4.90 Å². The number of aryl methyl sites for hydroxylation is 2. The second kappa shape index (κ2) is 8.38. The third kappa shape index (κ3) is 4.65. The summed E-state index contributed by atoms with van der Waals surface area (Å²) in [5.74, 6) is 0.781. The molecule has 1 aromatic carbocycles. The van der Waals surface area contributed by atoms with Crippen LogP contribution in [0.4, 0.5) is 8.78 Å². The smallest absolute Gasteiger partial charge is 0.223 e. The van der Waals surface area contributed by atoms with Crippen LogP contribution in [0.2, 0.25) is 0 Å². The second-order valence-electron chi connectivity index (χ2n) is 6.92. The maximum absolute atomic E-state index is 13.8. The van der Waals surface area contributed by atoms with Crippen LogP contribution in [0.15, 0.2) is 18.2 Å². The lowest BCUT2D eigenvalue weighted by Crippen LogP contribution is -2.40. The van der Waals surface area contributed by atoms with Gasteiger partial charge in [0.15, 0.2) is 5.82 Å². The lowest BCUT2D eigenvalue weighted by Gasteiger charge is -2.33. The molecule has 1 aromatic heterocycles. The first-order valence-electron chi connectivity index (χ1n) is 9.11. The first-order chi connectivity index (χ1) is 12.5. The van der Waals surface area contributed by atoms with Crippen LogP contribution < -0.4 is 0 Å². The summed E-state index contributed by atoms with van der Waals surface area (Å²) in [6.07, 6.45) is 3.86. The van der Waals surface area contributed by atoms with Crippen molar-refractivity contribution in [3.05, 3.63) is 47.0 Å². The van der Waals surface area contributed by atoms with Crippen LogP contribution in [0.25, 0.3) is 0 Å². The van der Waals surface area contributed by atoms with Crippen molar-refractivity contribution in [3.8, 4) is 0 Å². The normalized spacial score (nSPS) is 17.5. The van der Waals surface area contributed by atoms with Crippen LogP contribution in [-0.4, -0.2) is 39.1 Å². The molecule has 1 fully saturated rings. The molecule has 3 rings (SSSR count). The number of carbonyl (C=O) groups is 1. The Morgan fingerprint density at radius 2 is 2.08 bits per heavy atom. The Morgan fingerprint density at radius 3 is 2.77 bits per heavy atom. The number of halogens is 2. The van der Waals surface area contributed by atoms with Crippen molar-refractivity contribution in [2.24, 2.45) is 5.92 Å². The maximum Gasteiger partial charge on any atom is 0.223 e. The number of aromatic nitrogens is 3. The summed E-state index contributed by atoms with van der Waals surface area (Å²) in [5, 5.41) is 6.82. The Labute approximate surface area is 151 Å². The van der Waals surface area contributed by atoms with E-state index in [1.54, 1.807) is 0 Å². The molecule has 1 N–H and O–H groups in total. The molecule has 2 aromatic rings. The predicted octanol–water partition coefficient (Wildman–Crippen LogP) is 3.20. The van der Waals surface area contributed by atoms with Gasteiger partial charge in [0.05, 0.1) is 0 Å². The summed E-state index contributed by atoms with van der Waals surface area (Å²) in [6.45, 7) is 3.23. The fraction of sp³-hybridized carbons (Fsp3) is 0.526. The molecule has 7 heteroatoms. The van der Waals surface area contributed by atoms with Crippen LogP contribution in [0.1, 0.15) is 42.9 Å². The van der Waals surface area contributed by atoms with Gasteiger partial charge in [-0.25, -0.2) is 13.8 Å². The Hall–Kier alpha value is -2.31. The van der Waals surface area contributed by atoms with Crippen molar-refractivity contribution < 1.29 is 13.6 Å². The topological polar surface area (TPSA) is 61.9 Å². The van der Waals surface area contributed by atoms with Crippen molar-refractivity contribution in [3.63, 3.8) is 0 Å². The molecule has 0 saturated carbocycles. The summed E-state index contributed by atoms with van der Waals surface area (Å²) >= 11 is 0. The van der Waals surface area contributed by atoms with E-state index < -0.39 is 11.6 Å². The minimum atomic E-state index is -0.490. The molecule has 5 nitrogen and oxygen atoms in total. The summed E-state index contributed by atoms with van der Waals surface area (Å²) < 4.78 is 27.5. The highest BCUT2D eigenvalue weighted by Gasteiger charge is 2.24. The van der Waals surface area contributed by atoms with E-state index >= 15 is 0 Å². The molecule has 2 heterocycles. The Morgan fingerprint density at radius 1 is 1.31 bits per heavy atom. The number of H-pyrrole nitrogens is 1. The fourth-order valence-electron chi connectivity index (χ4n) is 3.52. The zero-order chi connectivity index (χ0) is 18.5. The number of benzene rings is 1. The molecule has 1 unspecified atom stereocenters. The van der Waals surface area contributed by atoms with Crippen molar-refractivity contribution in [1.29, 1.82) is 0 Å². The molecule has 140 valence electrons. The molecule has 0 radical (unpaired) electrons. The van der Waals surface area contributed by atoms with Gasteiger partial charge in [0.25, 0.3) is 0 Å². The van der Waals surface area contributed by atoms with Crippen molar-refractivity contribution in [1.82, 2.24) is 20.1 Å². The van der Waals surface area contributed by atoms with E-state index in [0.29, 0.717) is 38.1 Å². The first kappa shape index (κ1) is 18.5. The molecule has 0 bridgehead atoms. The highest BCUT2D eigenvalue weighted by Crippen LogP contribution is 2.24. The Kier molecular flexibility index (Phi) is 5.96. The van der Waals surface area contributed by atoms with Gasteiger partial charge in [-0.3, -0.25) is 9.89 Å². The molecule has 1 amide bonds. The number of nitrogens with one attached hydrogen (secondary N) is 1. The summed E-state index contributed by atoms with van der Waals surface area (Å²) in [7, 11) is 0. The van der Waals surface area contributed by atoms with Gasteiger partial charge >= 0.3 is 0 Å². The number of nitrogens with zero attached hydrogens (tertiary/aromatic N) is 3. The van der Waals surface area contributed by atoms with E-state index in [9.17, 15) is 13.6 Å². The van der Waals surface area contributed by atoms with Gasteiger partial charge in [-0.2, -0.15) is 5.10 Å². The lowest BCUT2D eigenvalue weighted by molar-refractivity contribution is -0.133. The number of rotatable bonds is 6. The average molecular weight is 362 g/mol. The van der Waals surface area contributed by atoms with E-state index in [2.05, 4.69) is 15.2 Å². The van der Waals surface area contributed by atoms with Gasteiger partial charge in [0.1, 0.15) is 17.5 Å². The summed E-state index contributed by atoms with van der Waals surface area (Å²) in [4.78, 5) is 18.5. The maximum atomic E-state index is 13.8. The van der Waals surface area contributed by atoms with Crippen LogP contribution >= 0.6 is 0 Å². The number of hydrogen-bond acceptors (Lipinski definition) is 3. The monoisotopic (exact) mass is 362 g/mol. The van der Waals surface area contributed by atoms with Crippen molar-refractivity contribution in [2.45, 2.75) is 45.4 Å². The van der Waals surface area contributed by atoms with E-state index in [4.69, 9.17) is 0 Å². The van der Waals surface area contributed by atoms with Crippen LogP contribution in [-0.2, 0) is 17.6 Å². The number of carbonyl (C=O) groups excluding carboxylic acids is 1. The number of aromatic amines is 1. The number of likely N-dealkylation sites (tertiary alicyclic amines) is 1. The first-order valence-corrected chi connectivity index (χ1v) is 9.11. The lowest BCUT2D eigenvalue weighted by atomic mass is 9.91. The standard InChI is InChI=1S/C19H24F2N4O/c1-13-22-18(24-23-13)9-10-19(26)25-11-3-4-14(12-25)7-8-15-16(20)5-2-6-17(15)21/h2,5-6,14H,3-4,7-12H2,1H3,(H,22,23,24). The molecule has 0 spiro atoms. The molecule has 1 saturated heterocycles. The highest BCUT2D eigenvalue weighted by atomic mass is 19.1. The molecule has 0 aliphatic carbocycles. The SMILES string of the molecule is Cc1nc(CCC(=O)N2CCCC(CCc3c(F)cccc3F)C2)n[nH]1. The van der Waals surface area contributed by atoms with E-state index in [0.717, 1.165) is 25.2 Å². The number of piperidine rings is 1. The summed E-state index contributed by atoms with van der Waals surface area (Å²) in [6, 6.07) is 3.96. The zero-order valence-corrected chi connectivity index (χ0v) is 15.0. The van der Waals surface area contributed by atoms with Gasteiger partial charge in [-0.1, -0.05) is 6.07 Å². The van der Waals surface area contributed by atoms with Gasteiger partial charge in [0, 0.05) is 31.5 Å². The Bertz CT molecular complexity index is 741. The highest BCUT2D eigenvalue weighted by molar-refractivity contribution is 5.76. The molecule has 1 aliphatic heterocycles. The molecule has 1 aliphatic rings. The second-order valence-corrected chi connectivity index (χ2v) is 6.92. The van der Waals surface area contributed by atoms with Gasteiger partial charge in [-0.15, -0.1) is 0 Å². The Balaban J connectivity index is 1.49. The van der Waals surface area contributed by atoms with Crippen molar-refractivity contribution in [2.75, 3.05) is 13.1 Å². The predicted molar refractivity (Wildman–Crippen MR) is 93.4 cm³/mol. The van der Waals surface area contributed by atoms with Gasteiger partial charge in [0.2, 0.25) is 5.91 Å². The van der Waals surface area contributed by atoms with Gasteiger partial charge in [-0.05, 0) is 50.7 Å². The summed E-state index contributed by atoms with van der Waals surface area (Å²) in [5.41, 5.74) is 0.149. The average Bonchev–Trinajstić information content (AvgIpc) is 3.05. The van der Waals surface area contributed by atoms with Crippen LogP contribution in [0, 0.1) is 24.5 Å². The number of amides is 1. The molecule has 1 atom stereocenters. The third-order valence-electron chi connectivity index (χ3n) is 4.94. The van der Waals surface area contributed by atoms with Crippen LogP contribution in [0.3, 0.4) is 0 Å². The fourth-order valence-corrected chi connectivity index (χ4v) is 3.52. The quantitative estimate of drug-likeness (QED) is 0.858. The minimum Gasteiger partial charge on any atom is -0.342 e. The minimum absolute atomic E-state index is 0.0919. The van der Waals surface area contributed by atoms with E-state index in [1.165, 1.54) is 18.2 Å². The molecular formula is C19H24F2N4O. The van der Waals surface area contributed by atoms with Crippen molar-refractivity contribution >= 4 is 5.91 Å². The number of hydrogen-bond donors (Lipinski definition) is 1. The van der Waals surface area contributed by atoms with E-state index in [1.807, 2.05) is 11.8 Å².